The zero-order chi connectivity index (χ0) is 13.2. The van der Waals surface area contributed by atoms with E-state index in [1.165, 1.54) is 24.3 Å². The van der Waals surface area contributed by atoms with Crippen LogP contribution >= 0.6 is 15.9 Å². The van der Waals surface area contributed by atoms with Crippen molar-refractivity contribution in [1.29, 1.82) is 0 Å². The van der Waals surface area contributed by atoms with E-state index in [4.69, 9.17) is 4.18 Å². The van der Waals surface area contributed by atoms with Gasteiger partial charge in [0, 0.05) is 4.47 Å². The van der Waals surface area contributed by atoms with Crippen LogP contribution in [0.15, 0.2) is 57.9 Å². The number of benzene rings is 2. The van der Waals surface area contributed by atoms with Gasteiger partial charge in [-0.25, -0.2) is 0 Å². The van der Waals surface area contributed by atoms with Crippen LogP contribution in [-0.4, -0.2) is 13.5 Å². The van der Waals surface area contributed by atoms with E-state index in [1.807, 2.05) is 0 Å². The summed E-state index contributed by atoms with van der Waals surface area (Å²) in [5, 5.41) is 9.47. The Morgan fingerprint density at radius 1 is 1.00 bits per heavy atom. The van der Waals surface area contributed by atoms with Gasteiger partial charge in [0.2, 0.25) is 0 Å². The molecule has 0 aliphatic heterocycles. The van der Waals surface area contributed by atoms with Gasteiger partial charge in [0.05, 0.1) is 0 Å². The molecule has 0 unspecified atom stereocenters. The molecule has 0 spiro atoms. The van der Waals surface area contributed by atoms with Crippen molar-refractivity contribution < 1.29 is 17.7 Å². The number of phenols is 1. The van der Waals surface area contributed by atoms with Gasteiger partial charge in [-0.3, -0.25) is 0 Å². The summed E-state index contributed by atoms with van der Waals surface area (Å²) in [5.74, 6) is -0.321. The van der Waals surface area contributed by atoms with Crippen molar-refractivity contribution in [2.75, 3.05) is 0 Å². The summed E-state index contributed by atoms with van der Waals surface area (Å²) in [5.41, 5.74) is 0. The van der Waals surface area contributed by atoms with E-state index >= 15 is 0 Å². The van der Waals surface area contributed by atoms with E-state index in [9.17, 15) is 13.5 Å². The smallest absolute Gasteiger partial charge is 0.339 e. The lowest BCUT2D eigenvalue weighted by molar-refractivity contribution is 0.428. The molecule has 0 atom stereocenters. The summed E-state index contributed by atoms with van der Waals surface area (Å²) in [6, 6.07) is 11.9. The highest BCUT2D eigenvalue weighted by Crippen LogP contribution is 2.28. The molecule has 6 heteroatoms. The van der Waals surface area contributed by atoms with E-state index in [-0.39, 0.29) is 16.4 Å². The fourth-order valence-electron chi connectivity index (χ4n) is 1.30. The topological polar surface area (TPSA) is 63.6 Å². The first-order valence-corrected chi connectivity index (χ1v) is 7.17. The molecule has 0 heterocycles. The minimum atomic E-state index is -3.93. The monoisotopic (exact) mass is 328 g/mol. The number of halogens is 1. The van der Waals surface area contributed by atoms with Crippen molar-refractivity contribution in [3.63, 3.8) is 0 Å². The lowest BCUT2D eigenvalue weighted by Gasteiger charge is -2.08. The second-order valence-corrected chi connectivity index (χ2v) is 5.92. The number of rotatable bonds is 3. The standard InChI is InChI=1S/C12H9BrO4S/c13-9-5-7-10(8-6-9)18(15,16)17-12-4-2-1-3-11(12)14/h1-8,14H. The van der Waals surface area contributed by atoms with Gasteiger partial charge < -0.3 is 9.29 Å². The first kappa shape index (κ1) is 12.9. The molecule has 0 amide bonds. The van der Waals surface area contributed by atoms with E-state index in [0.717, 1.165) is 4.47 Å². The first-order chi connectivity index (χ1) is 8.49. The van der Waals surface area contributed by atoms with Crippen LogP contribution < -0.4 is 4.18 Å². The maximum absolute atomic E-state index is 11.9. The molecular formula is C12H9BrO4S. The van der Waals surface area contributed by atoms with Crippen molar-refractivity contribution in [2.24, 2.45) is 0 Å². The molecule has 0 aliphatic rings. The molecule has 2 aromatic rings. The third-order valence-corrected chi connectivity index (χ3v) is 3.94. The van der Waals surface area contributed by atoms with Gasteiger partial charge in [0.1, 0.15) is 4.90 Å². The van der Waals surface area contributed by atoms with Gasteiger partial charge in [0.25, 0.3) is 0 Å². The van der Waals surface area contributed by atoms with Crippen LogP contribution in [0, 0.1) is 0 Å². The Balaban J connectivity index is 2.33. The van der Waals surface area contributed by atoms with Crippen molar-refractivity contribution in [3.05, 3.63) is 53.0 Å². The second kappa shape index (κ2) is 4.99. The van der Waals surface area contributed by atoms with Gasteiger partial charge in [-0.2, -0.15) is 8.42 Å². The first-order valence-electron chi connectivity index (χ1n) is 4.97. The average Bonchev–Trinajstić information content (AvgIpc) is 2.32. The van der Waals surface area contributed by atoms with Crippen LogP contribution in [-0.2, 0) is 10.1 Å². The lowest BCUT2D eigenvalue weighted by atomic mass is 10.3. The SMILES string of the molecule is O=S(=O)(Oc1ccccc1O)c1ccc(Br)cc1. The molecule has 2 rings (SSSR count). The molecule has 0 radical (unpaired) electrons. The van der Waals surface area contributed by atoms with Crippen LogP contribution in [0.1, 0.15) is 0 Å². The average molecular weight is 329 g/mol. The molecule has 1 N–H and O–H groups in total. The number of hydrogen-bond acceptors (Lipinski definition) is 4. The highest BCUT2D eigenvalue weighted by atomic mass is 79.9. The molecule has 2 aromatic carbocycles. The Morgan fingerprint density at radius 3 is 2.22 bits per heavy atom. The molecule has 4 nitrogen and oxygen atoms in total. The number of aromatic hydroxyl groups is 1. The molecule has 94 valence electrons. The van der Waals surface area contributed by atoms with E-state index in [1.54, 1.807) is 24.3 Å². The zero-order valence-corrected chi connectivity index (χ0v) is 11.5. The van der Waals surface area contributed by atoms with E-state index in [2.05, 4.69) is 15.9 Å². The van der Waals surface area contributed by atoms with Crippen LogP contribution in [0.4, 0.5) is 0 Å². The van der Waals surface area contributed by atoms with E-state index in [0.29, 0.717) is 0 Å². The normalized spacial score (nSPS) is 11.2. The Bertz CT molecular complexity index is 650. The molecule has 0 aromatic heterocycles. The van der Waals surface area contributed by atoms with Crippen molar-refractivity contribution in [3.8, 4) is 11.5 Å². The molecule has 0 saturated heterocycles. The Kier molecular flexibility index (Phi) is 3.58. The summed E-state index contributed by atoms with van der Waals surface area (Å²) >= 11 is 3.21. The number of hydrogen-bond donors (Lipinski definition) is 1. The van der Waals surface area contributed by atoms with Crippen LogP contribution in [0.25, 0.3) is 0 Å². The molecular weight excluding hydrogens is 320 g/mol. The van der Waals surface area contributed by atoms with Crippen LogP contribution in [0.2, 0.25) is 0 Å². The molecule has 0 fully saturated rings. The minimum Gasteiger partial charge on any atom is -0.504 e. The quantitative estimate of drug-likeness (QED) is 0.880. The van der Waals surface area contributed by atoms with Gasteiger partial charge in [-0.05, 0) is 36.4 Å². The maximum atomic E-state index is 11.9. The largest absolute Gasteiger partial charge is 0.504 e. The number of phenolic OH excluding ortho intramolecular Hbond substituents is 1. The van der Waals surface area contributed by atoms with Gasteiger partial charge in [-0.1, -0.05) is 28.1 Å². The minimum absolute atomic E-state index is 0.0222. The molecule has 0 bridgehead atoms. The van der Waals surface area contributed by atoms with Gasteiger partial charge in [0.15, 0.2) is 11.5 Å². The van der Waals surface area contributed by atoms with Crippen LogP contribution in [0.3, 0.4) is 0 Å². The summed E-state index contributed by atoms with van der Waals surface area (Å²) < 4.78 is 29.5. The summed E-state index contributed by atoms with van der Waals surface area (Å²) in [4.78, 5) is 0.0222. The summed E-state index contributed by atoms with van der Waals surface area (Å²) in [6.45, 7) is 0. The predicted molar refractivity (Wildman–Crippen MR) is 70.1 cm³/mol. The third-order valence-electron chi connectivity index (χ3n) is 2.17. The van der Waals surface area contributed by atoms with E-state index < -0.39 is 10.1 Å². The predicted octanol–water partition coefficient (Wildman–Crippen LogP) is 2.92. The fourth-order valence-corrected chi connectivity index (χ4v) is 2.50. The maximum Gasteiger partial charge on any atom is 0.339 e. The zero-order valence-electron chi connectivity index (χ0n) is 9.08. The number of para-hydroxylation sites is 2. The van der Waals surface area contributed by atoms with Gasteiger partial charge in [-0.15, -0.1) is 0 Å². The highest BCUT2D eigenvalue weighted by molar-refractivity contribution is 9.10. The second-order valence-electron chi connectivity index (χ2n) is 3.46. The summed E-state index contributed by atoms with van der Waals surface area (Å²) in [6.07, 6.45) is 0. The fraction of sp³-hybridized carbons (Fsp3) is 0. The van der Waals surface area contributed by atoms with Crippen molar-refractivity contribution in [1.82, 2.24) is 0 Å². The van der Waals surface area contributed by atoms with Gasteiger partial charge >= 0.3 is 10.1 Å². The molecule has 18 heavy (non-hydrogen) atoms. The highest BCUT2D eigenvalue weighted by Gasteiger charge is 2.17. The Morgan fingerprint density at radius 2 is 1.61 bits per heavy atom. The molecule has 0 saturated carbocycles. The van der Waals surface area contributed by atoms with Crippen LogP contribution in [0.5, 0.6) is 11.5 Å². The van der Waals surface area contributed by atoms with Crippen molar-refractivity contribution >= 4 is 26.0 Å². The Hall–Kier alpha value is -1.53. The summed E-state index contributed by atoms with van der Waals surface area (Å²) in [7, 11) is -3.93. The van der Waals surface area contributed by atoms with Crippen molar-refractivity contribution in [2.45, 2.75) is 4.90 Å². The third kappa shape index (κ3) is 2.83. The Labute approximate surface area is 113 Å². The lowest BCUT2D eigenvalue weighted by Crippen LogP contribution is -2.09. The molecule has 0 aliphatic carbocycles.